The van der Waals surface area contributed by atoms with Gasteiger partial charge in [-0.3, -0.25) is 0 Å². The van der Waals surface area contributed by atoms with Gasteiger partial charge in [0.15, 0.2) is 0 Å². The molecule has 2 aromatic rings. The molecule has 0 amide bonds. The summed E-state index contributed by atoms with van der Waals surface area (Å²) in [6, 6.07) is 13.9. The highest BCUT2D eigenvalue weighted by molar-refractivity contribution is 7.97. The number of thioether (sulfide) groups is 1. The maximum atomic E-state index is 12.8. The van der Waals surface area contributed by atoms with Crippen LogP contribution in [0.1, 0.15) is 21.5 Å². The Balaban J connectivity index is 1.91. The van der Waals surface area contributed by atoms with Crippen molar-refractivity contribution in [1.29, 1.82) is 0 Å². The molecule has 4 heteroatoms. The molecule has 0 bridgehead atoms. The van der Waals surface area contributed by atoms with Gasteiger partial charge in [0.25, 0.3) is 0 Å². The van der Waals surface area contributed by atoms with E-state index in [1.165, 1.54) is 19.2 Å². The molecule has 0 aromatic heterocycles. The third-order valence-corrected chi connectivity index (χ3v) is 3.87. The minimum absolute atomic E-state index is 0.218. The molecule has 104 valence electrons. The number of carbonyl (C=O) groups is 1. The molecule has 0 saturated heterocycles. The van der Waals surface area contributed by atoms with Crippen LogP contribution < -0.4 is 0 Å². The molecule has 2 rings (SSSR count). The Morgan fingerprint density at radius 1 is 1.10 bits per heavy atom. The van der Waals surface area contributed by atoms with Crippen molar-refractivity contribution < 1.29 is 13.9 Å². The predicted molar refractivity (Wildman–Crippen MR) is 79.2 cm³/mol. The molecule has 0 aliphatic carbocycles. The van der Waals surface area contributed by atoms with E-state index in [1.807, 2.05) is 18.2 Å². The van der Waals surface area contributed by atoms with E-state index in [1.54, 1.807) is 30.0 Å². The molecule has 2 aromatic carbocycles. The quantitative estimate of drug-likeness (QED) is 0.777. The fourth-order valence-corrected chi connectivity index (χ4v) is 2.72. The molecule has 0 spiro atoms. The van der Waals surface area contributed by atoms with Gasteiger partial charge in [0.2, 0.25) is 0 Å². The zero-order valence-electron chi connectivity index (χ0n) is 11.1. The second kappa shape index (κ2) is 7.10. The van der Waals surface area contributed by atoms with Gasteiger partial charge >= 0.3 is 5.97 Å². The number of rotatable bonds is 5. The zero-order valence-corrected chi connectivity index (χ0v) is 12.0. The van der Waals surface area contributed by atoms with Crippen LogP contribution in [-0.4, -0.2) is 13.1 Å². The third-order valence-electron chi connectivity index (χ3n) is 2.80. The molecule has 0 aliphatic heterocycles. The summed E-state index contributed by atoms with van der Waals surface area (Å²) in [5, 5.41) is 0. The standard InChI is InChI=1S/C16H15FO2S/c1-19-16(18)14-4-2-3-13(9-14)11-20-10-12-5-7-15(17)8-6-12/h2-9H,10-11H2,1H3. The Morgan fingerprint density at radius 2 is 1.80 bits per heavy atom. The second-order valence-electron chi connectivity index (χ2n) is 4.31. The molecule has 2 nitrogen and oxygen atoms in total. The molecule has 0 unspecified atom stereocenters. The van der Waals surface area contributed by atoms with Gasteiger partial charge in [-0.05, 0) is 35.4 Å². The molecule has 0 N–H and O–H groups in total. The summed E-state index contributed by atoms with van der Waals surface area (Å²) in [7, 11) is 1.37. The number of hydrogen-bond donors (Lipinski definition) is 0. The topological polar surface area (TPSA) is 26.3 Å². The summed E-state index contributed by atoms with van der Waals surface area (Å²) in [5.41, 5.74) is 2.72. The third kappa shape index (κ3) is 4.10. The van der Waals surface area contributed by atoms with Crippen molar-refractivity contribution in [2.75, 3.05) is 7.11 Å². The van der Waals surface area contributed by atoms with Gasteiger partial charge in [-0.15, -0.1) is 0 Å². The van der Waals surface area contributed by atoms with E-state index in [0.29, 0.717) is 5.56 Å². The smallest absolute Gasteiger partial charge is 0.337 e. The van der Waals surface area contributed by atoms with Gasteiger partial charge < -0.3 is 4.74 Å². The Bertz CT molecular complexity index is 581. The van der Waals surface area contributed by atoms with Crippen LogP contribution in [0, 0.1) is 5.82 Å². The van der Waals surface area contributed by atoms with E-state index in [0.717, 1.165) is 22.6 Å². The lowest BCUT2D eigenvalue weighted by atomic mass is 10.1. The molecule has 0 aliphatic rings. The average molecular weight is 290 g/mol. The maximum Gasteiger partial charge on any atom is 0.337 e. The Morgan fingerprint density at radius 3 is 2.50 bits per heavy atom. The molecular formula is C16H15FO2S. The zero-order chi connectivity index (χ0) is 14.4. The van der Waals surface area contributed by atoms with Crippen molar-refractivity contribution in [3.63, 3.8) is 0 Å². The molecule has 0 heterocycles. The maximum absolute atomic E-state index is 12.8. The number of ether oxygens (including phenoxy) is 1. The number of benzene rings is 2. The molecule has 0 fully saturated rings. The van der Waals surface area contributed by atoms with E-state index in [4.69, 9.17) is 4.74 Å². The summed E-state index contributed by atoms with van der Waals surface area (Å²) in [6.45, 7) is 0. The van der Waals surface area contributed by atoms with E-state index < -0.39 is 0 Å². The van der Waals surface area contributed by atoms with Crippen LogP contribution >= 0.6 is 11.8 Å². The molecular weight excluding hydrogens is 275 g/mol. The lowest BCUT2D eigenvalue weighted by Gasteiger charge is -2.05. The van der Waals surface area contributed by atoms with Gasteiger partial charge in [0.1, 0.15) is 5.82 Å². The normalized spacial score (nSPS) is 10.3. The van der Waals surface area contributed by atoms with Crippen molar-refractivity contribution in [2.24, 2.45) is 0 Å². The van der Waals surface area contributed by atoms with Crippen LogP contribution in [0.25, 0.3) is 0 Å². The highest BCUT2D eigenvalue weighted by atomic mass is 32.2. The lowest BCUT2D eigenvalue weighted by molar-refractivity contribution is 0.0600. The summed E-state index contributed by atoms with van der Waals surface area (Å²) in [4.78, 5) is 11.4. The molecule has 0 atom stereocenters. The fourth-order valence-electron chi connectivity index (χ4n) is 1.77. The second-order valence-corrected chi connectivity index (χ2v) is 5.30. The summed E-state index contributed by atoms with van der Waals surface area (Å²) in [5.74, 6) is 1.06. The molecule has 0 radical (unpaired) electrons. The Kier molecular flexibility index (Phi) is 5.18. The fraction of sp³-hybridized carbons (Fsp3) is 0.188. The van der Waals surface area contributed by atoms with E-state index in [-0.39, 0.29) is 11.8 Å². The van der Waals surface area contributed by atoms with Crippen molar-refractivity contribution in [1.82, 2.24) is 0 Å². The Labute approximate surface area is 122 Å². The van der Waals surface area contributed by atoms with Gasteiger partial charge in [0.05, 0.1) is 12.7 Å². The first-order valence-electron chi connectivity index (χ1n) is 6.18. The lowest BCUT2D eigenvalue weighted by Crippen LogP contribution is -2.01. The highest BCUT2D eigenvalue weighted by Crippen LogP contribution is 2.19. The first kappa shape index (κ1) is 14.6. The average Bonchev–Trinajstić information content (AvgIpc) is 2.49. The van der Waals surface area contributed by atoms with Crippen molar-refractivity contribution in [3.05, 3.63) is 71.0 Å². The van der Waals surface area contributed by atoms with Gasteiger partial charge in [-0.2, -0.15) is 11.8 Å². The number of methoxy groups -OCH3 is 1. The first-order valence-corrected chi connectivity index (χ1v) is 7.34. The number of esters is 1. The van der Waals surface area contributed by atoms with Crippen LogP contribution in [0.4, 0.5) is 4.39 Å². The van der Waals surface area contributed by atoms with Crippen LogP contribution in [-0.2, 0) is 16.2 Å². The van der Waals surface area contributed by atoms with Crippen LogP contribution in [0.5, 0.6) is 0 Å². The largest absolute Gasteiger partial charge is 0.465 e. The van der Waals surface area contributed by atoms with Crippen molar-refractivity contribution >= 4 is 17.7 Å². The van der Waals surface area contributed by atoms with Gasteiger partial charge in [-0.1, -0.05) is 24.3 Å². The molecule has 0 saturated carbocycles. The van der Waals surface area contributed by atoms with E-state index in [9.17, 15) is 9.18 Å². The predicted octanol–water partition coefficient (Wildman–Crippen LogP) is 4.05. The van der Waals surface area contributed by atoms with Crippen molar-refractivity contribution in [3.8, 4) is 0 Å². The van der Waals surface area contributed by atoms with Crippen LogP contribution in [0.15, 0.2) is 48.5 Å². The summed E-state index contributed by atoms with van der Waals surface area (Å²) < 4.78 is 17.5. The number of carbonyl (C=O) groups excluding carboxylic acids is 1. The van der Waals surface area contributed by atoms with E-state index in [2.05, 4.69) is 0 Å². The van der Waals surface area contributed by atoms with Crippen LogP contribution in [0.3, 0.4) is 0 Å². The van der Waals surface area contributed by atoms with Crippen molar-refractivity contribution in [2.45, 2.75) is 11.5 Å². The highest BCUT2D eigenvalue weighted by Gasteiger charge is 2.05. The van der Waals surface area contributed by atoms with Gasteiger partial charge in [-0.25, -0.2) is 9.18 Å². The number of hydrogen-bond acceptors (Lipinski definition) is 3. The Hall–Kier alpha value is -1.81. The SMILES string of the molecule is COC(=O)c1cccc(CSCc2ccc(F)cc2)c1. The van der Waals surface area contributed by atoms with Crippen LogP contribution in [0.2, 0.25) is 0 Å². The monoisotopic (exact) mass is 290 g/mol. The van der Waals surface area contributed by atoms with Gasteiger partial charge in [0, 0.05) is 11.5 Å². The number of halogens is 1. The molecule has 20 heavy (non-hydrogen) atoms. The summed E-state index contributed by atoms with van der Waals surface area (Å²) >= 11 is 1.72. The van der Waals surface area contributed by atoms with E-state index >= 15 is 0 Å². The minimum Gasteiger partial charge on any atom is -0.465 e. The minimum atomic E-state index is -0.324. The summed E-state index contributed by atoms with van der Waals surface area (Å²) in [6.07, 6.45) is 0. The first-order chi connectivity index (χ1) is 9.69.